The predicted octanol–water partition coefficient (Wildman–Crippen LogP) is 1.49. The van der Waals surface area contributed by atoms with E-state index >= 15 is 0 Å². The Bertz CT molecular complexity index is 131. The van der Waals surface area contributed by atoms with Crippen LogP contribution in [0.5, 0.6) is 0 Å². The number of rotatable bonds is 9. The van der Waals surface area contributed by atoms with Crippen LogP contribution in [0.2, 0.25) is 0 Å². The van der Waals surface area contributed by atoms with Gasteiger partial charge >= 0.3 is 0 Å². The van der Waals surface area contributed by atoms with Crippen LogP contribution in [-0.2, 0) is 10.8 Å². The summed E-state index contributed by atoms with van der Waals surface area (Å²) < 4.78 is 11.0. The van der Waals surface area contributed by atoms with Gasteiger partial charge in [-0.15, -0.1) is 0 Å². The van der Waals surface area contributed by atoms with Gasteiger partial charge in [0.2, 0.25) is 0 Å². The largest absolute Gasteiger partial charge is 0.316 e. The van der Waals surface area contributed by atoms with E-state index in [0.717, 1.165) is 24.6 Å². The fourth-order valence-corrected chi connectivity index (χ4v) is 2.11. The normalized spacial score (nSPS) is 13.1. The summed E-state index contributed by atoms with van der Waals surface area (Å²) >= 11 is 1.90. The van der Waals surface area contributed by atoms with Crippen molar-refractivity contribution in [3.05, 3.63) is 0 Å². The fourth-order valence-electron chi connectivity index (χ4n) is 0.952. The summed E-state index contributed by atoms with van der Waals surface area (Å²) in [6, 6.07) is 0. The standard InChI is InChI=1S/C9H21NOS2/c1-3-13(11)9-7-10-6-4-5-8-12-2/h10H,3-9H2,1-2H3. The summed E-state index contributed by atoms with van der Waals surface area (Å²) in [6.45, 7) is 3.94. The van der Waals surface area contributed by atoms with E-state index in [-0.39, 0.29) is 0 Å². The van der Waals surface area contributed by atoms with Crippen molar-refractivity contribution >= 4 is 22.6 Å². The Morgan fingerprint density at radius 1 is 1.31 bits per heavy atom. The molecule has 0 bridgehead atoms. The zero-order valence-corrected chi connectivity index (χ0v) is 10.3. The van der Waals surface area contributed by atoms with E-state index in [9.17, 15) is 4.21 Å². The molecule has 0 aromatic heterocycles. The highest BCUT2D eigenvalue weighted by Crippen LogP contribution is 1.97. The van der Waals surface area contributed by atoms with Gasteiger partial charge in [-0.1, -0.05) is 6.92 Å². The maximum absolute atomic E-state index is 11.0. The molecular formula is C9H21NOS2. The lowest BCUT2D eigenvalue weighted by molar-refractivity contribution is 0.655. The molecule has 0 radical (unpaired) electrons. The van der Waals surface area contributed by atoms with Crippen LogP contribution in [0.3, 0.4) is 0 Å². The Hall–Kier alpha value is 0.460. The third-order valence-corrected chi connectivity index (χ3v) is 3.78. The molecule has 0 aromatic carbocycles. The molecule has 0 spiro atoms. The SMILES string of the molecule is CCS(=O)CCNCCCCSC. The fraction of sp³-hybridized carbons (Fsp3) is 1.00. The zero-order chi connectivity index (χ0) is 9.94. The maximum atomic E-state index is 11.0. The van der Waals surface area contributed by atoms with Crippen molar-refractivity contribution in [1.82, 2.24) is 5.32 Å². The topological polar surface area (TPSA) is 29.1 Å². The molecule has 0 aliphatic rings. The molecule has 0 rings (SSSR count). The van der Waals surface area contributed by atoms with Crippen LogP contribution in [0.4, 0.5) is 0 Å². The van der Waals surface area contributed by atoms with Gasteiger partial charge in [0.25, 0.3) is 0 Å². The summed E-state index contributed by atoms with van der Waals surface area (Å²) in [5.74, 6) is 2.84. The number of thioether (sulfide) groups is 1. The molecule has 0 heterocycles. The molecule has 2 nitrogen and oxygen atoms in total. The van der Waals surface area contributed by atoms with Crippen molar-refractivity contribution in [1.29, 1.82) is 0 Å². The van der Waals surface area contributed by atoms with Gasteiger partial charge in [0.15, 0.2) is 0 Å². The third-order valence-electron chi connectivity index (χ3n) is 1.78. The van der Waals surface area contributed by atoms with Gasteiger partial charge in [-0.05, 0) is 31.4 Å². The first-order chi connectivity index (χ1) is 6.31. The van der Waals surface area contributed by atoms with E-state index in [4.69, 9.17) is 0 Å². The molecular weight excluding hydrogens is 202 g/mol. The van der Waals surface area contributed by atoms with Crippen LogP contribution in [0.15, 0.2) is 0 Å². The molecule has 0 saturated carbocycles. The highest BCUT2D eigenvalue weighted by molar-refractivity contribution is 7.98. The van der Waals surface area contributed by atoms with Gasteiger partial charge in [0.1, 0.15) is 0 Å². The second-order valence-electron chi connectivity index (χ2n) is 2.88. The van der Waals surface area contributed by atoms with E-state index in [1.807, 2.05) is 18.7 Å². The molecule has 0 aliphatic heterocycles. The Kier molecular flexibility index (Phi) is 10.9. The molecule has 80 valence electrons. The van der Waals surface area contributed by atoms with E-state index in [1.165, 1.54) is 18.6 Å². The minimum atomic E-state index is -0.602. The Morgan fingerprint density at radius 3 is 2.69 bits per heavy atom. The predicted molar refractivity (Wildman–Crippen MR) is 64.0 cm³/mol. The van der Waals surface area contributed by atoms with E-state index in [1.54, 1.807) is 0 Å². The van der Waals surface area contributed by atoms with Gasteiger partial charge in [-0.2, -0.15) is 11.8 Å². The van der Waals surface area contributed by atoms with Gasteiger partial charge in [0, 0.05) is 28.9 Å². The van der Waals surface area contributed by atoms with Gasteiger partial charge in [0.05, 0.1) is 0 Å². The van der Waals surface area contributed by atoms with E-state index in [0.29, 0.717) is 0 Å². The van der Waals surface area contributed by atoms with Crippen molar-refractivity contribution in [2.75, 3.05) is 36.6 Å². The van der Waals surface area contributed by atoms with Crippen molar-refractivity contribution < 1.29 is 4.21 Å². The van der Waals surface area contributed by atoms with Crippen molar-refractivity contribution in [3.63, 3.8) is 0 Å². The van der Waals surface area contributed by atoms with Gasteiger partial charge in [-0.25, -0.2) is 0 Å². The summed E-state index contributed by atoms with van der Waals surface area (Å²) in [4.78, 5) is 0. The van der Waals surface area contributed by atoms with E-state index < -0.39 is 10.8 Å². The van der Waals surface area contributed by atoms with Crippen molar-refractivity contribution in [2.24, 2.45) is 0 Å². The molecule has 0 saturated heterocycles. The summed E-state index contributed by atoms with van der Waals surface area (Å²) in [6.07, 6.45) is 4.66. The molecule has 0 fully saturated rings. The average molecular weight is 223 g/mol. The first-order valence-corrected chi connectivity index (χ1v) is 7.74. The van der Waals surface area contributed by atoms with Crippen LogP contribution < -0.4 is 5.32 Å². The first-order valence-electron chi connectivity index (χ1n) is 4.86. The monoisotopic (exact) mass is 223 g/mol. The molecule has 0 amide bonds. The second-order valence-corrected chi connectivity index (χ2v) is 5.73. The van der Waals surface area contributed by atoms with E-state index in [2.05, 4.69) is 11.6 Å². The Morgan fingerprint density at radius 2 is 2.08 bits per heavy atom. The quantitative estimate of drug-likeness (QED) is 0.601. The lowest BCUT2D eigenvalue weighted by Gasteiger charge is -2.03. The highest BCUT2D eigenvalue weighted by atomic mass is 32.2. The smallest absolute Gasteiger partial charge is 0.0359 e. The number of unbranched alkanes of at least 4 members (excludes halogenated alkanes) is 1. The zero-order valence-electron chi connectivity index (χ0n) is 8.67. The molecule has 4 heteroatoms. The molecule has 1 unspecified atom stereocenters. The summed E-state index contributed by atoms with van der Waals surface area (Å²) in [5.41, 5.74) is 0. The van der Waals surface area contributed by atoms with Crippen molar-refractivity contribution in [2.45, 2.75) is 19.8 Å². The first kappa shape index (κ1) is 13.5. The van der Waals surface area contributed by atoms with Gasteiger partial charge in [-0.3, -0.25) is 4.21 Å². The van der Waals surface area contributed by atoms with Gasteiger partial charge < -0.3 is 5.32 Å². The number of hydrogen-bond donors (Lipinski definition) is 1. The Labute approximate surface area is 88.7 Å². The average Bonchev–Trinajstić information content (AvgIpc) is 2.16. The van der Waals surface area contributed by atoms with Crippen LogP contribution >= 0.6 is 11.8 Å². The van der Waals surface area contributed by atoms with Crippen LogP contribution in [0, 0.1) is 0 Å². The molecule has 0 aliphatic carbocycles. The van der Waals surface area contributed by atoms with Crippen LogP contribution in [-0.4, -0.2) is 40.8 Å². The molecule has 1 N–H and O–H groups in total. The molecule has 13 heavy (non-hydrogen) atoms. The minimum absolute atomic E-state index is 0.602. The lowest BCUT2D eigenvalue weighted by atomic mass is 10.3. The molecule has 0 aromatic rings. The molecule has 1 atom stereocenters. The van der Waals surface area contributed by atoms with Crippen LogP contribution in [0.25, 0.3) is 0 Å². The highest BCUT2D eigenvalue weighted by Gasteiger charge is 1.94. The van der Waals surface area contributed by atoms with Crippen LogP contribution in [0.1, 0.15) is 19.8 Å². The van der Waals surface area contributed by atoms with Crippen molar-refractivity contribution in [3.8, 4) is 0 Å². The number of hydrogen-bond acceptors (Lipinski definition) is 3. The minimum Gasteiger partial charge on any atom is -0.316 e. The third kappa shape index (κ3) is 10.4. The summed E-state index contributed by atoms with van der Waals surface area (Å²) in [7, 11) is -0.602. The number of nitrogens with one attached hydrogen (secondary N) is 1. The maximum Gasteiger partial charge on any atom is 0.0359 e. The summed E-state index contributed by atoms with van der Waals surface area (Å²) in [5, 5.41) is 3.31. The lowest BCUT2D eigenvalue weighted by Crippen LogP contribution is -2.22. The Balaban J connectivity index is 2.95. The second kappa shape index (κ2) is 10.5.